The SMILES string of the molecule is CC(O)(CO)CNC(=O)COc1cccc([N+](=O)[O-])c1. The molecule has 0 saturated heterocycles. The first-order valence-corrected chi connectivity index (χ1v) is 5.81. The average molecular weight is 284 g/mol. The summed E-state index contributed by atoms with van der Waals surface area (Å²) in [7, 11) is 0. The van der Waals surface area contributed by atoms with Crippen molar-refractivity contribution < 1.29 is 24.7 Å². The minimum atomic E-state index is -1.40. The normalized spacial score (nSPS) is 13.3. The number of nitro groups is 1. The molecule has 8 heteroatoms. The third-order valence-corrected chi connectivity index (χ3v) is 2.41. The molecule has 0 fully saturated rings. The molecule has 110 valence electrons. The van der Waals surface area contributed by atoms with Crippen LogP contribution in [0.5, 0.6) is 5.75 Å². The van der Waals surface area contributed by atoms with E-state index in [4.69, 9.17) is 9.84 Å². The van der Waals surface area contributed by atoms with E-state index in [1.807, 2.05) is 0 Å². The van der Waals surface area contributed by atoms with E-state index in [1.54, 1.807) is 0 Å². The number of benzene rings is 1. The Morgan fingerprint density at radius 2 is 2.25 bits per heavy atom. The van der Waals surface area contributed by atoms with Gasteiger partial charge in [-0.2, -0.15) is 0 Å². The molecule has 3 N–H and O–H groups in total. The lowest BCUT2D eigenvalue weighted by Gasteiger charge is -2.20. The first-order chi connectivity index (χ1) is 9.34. The Morgan fingerprint density at radius 3 is 2.85 bits per heavy atom. The quantitative estimate of drug-likeness (QED) is 0.472. The van der Waals surface area contributed by atoms with Crippen LogP contribution in [0.25, 0.3) is 0 Å². The van der Waals surface area contributed by atoms with Gasteiger partial charge >= 0.3 is 0 Å². The van der Waals surface area contributed by atoms with Gasteiger partial charge in [-0.15, -0.1) is 0 Å². The second-order valence-electron chi connectivity index (χ2n) is 4.47. The molecule has 0 aromatic heterocycles. The first-order valence-electron chi connectivity index (χ1n) is 5.81. The molecule has 0 aliphatic rings. The van der Waals surface area contributed by atoms with E-state index < -0.39 is 23.0 Å². The zero-order chi connectivity index (χ0) is 15.2. The molecule has 0 heterocycles. The van der Waals surface area contributed by atoms with Gasteiger partial charge < -0.3 is 20.3 Å². The molecule has 20 heavy (non-hydrogen) atoms. The molecule has 0 aliphatic carbocycles. The van der Waals surface area contributed by atoms with Crippen molar-refractivity contribution in [2.45, 2.75) is 12.5 Å². The monoisotopic (exact) mass is 284 g/mol. The molecule has 8 nitrogen and oxygen atoms in total. The Labute approximate surface area is 115 Å². The number of nitro benzene ring substituents is 1. The third kappa shape index (κ3) is 5.21. The summed E-state index contributed by atoms with van der Waals surface area (Å²) >= 11 is 0. The number of non-ortho nitro benzene ring substituents is 1. The van der Waals surface area contributed by atoms with Crippen LogP contribution in [0.1, 0.15) is 6.92 Å². The minimum absolute atomic E-state index is 0.124. The number of carbonyl (C=O) groups is 1. The molecule has 0 saturated carbocycles. The van der Waals surface area contributed by atoms with Crippen molar-refractivity contribution in [2.24, 2.45) is 0 Å². The van der Waals surface area contributed by atoms with Crippen molar-refractivity contribution in [1.29, 1.82) is 0 Å². The van der Waals surface area contributed by atoms with Crippen molar-refractivity contribution in [1.82, 2.24) is 5.32 Å². The highest BCUT2D eigenvalue weighted by Crippen LogP contribution is 2.18. The number of amides is 1. The molecule has 1 aromatic carbocycles. The number of aliphatic hydroxyl groups is 2. The van der Waals surface area contributed by atoms with Crippen LogP contribution in [0.2, 0.25) is 0 Å². The van der Waals surface area contributed by atoms with Crippen molar-refractivity contribution in [3.05, 3.63) is 34.4 Å². The van der Waals surface area contributed by atoms with Crippen LogP contribution >= 0.6 is 0 Å². The Kier molecular flexibility index (Phi) is 5.42. The van der Waals surface area contributed by atoms with E-state index in [0.29, 0.717) is 0 Å². The van der Waals surface area contributed by atoms with E-state index in [-0.39, 0.29) is 24.6 Å². The van der Waals surface area contributed by atoms with Gasteiger partial charge in [0.2, 0.25) is 0 Å². The standard InChI is InChI=1S/C12H16N2O6/c1-12(17,8-15)7-13-11(16)6-20-10-4-2-3-9(5-10)14(18)19/h2-5,15,17H,6-8H2,1H3,(H,13,16). The summed E-state index contributed by atoms with van der Waals surface area (Å²) in [6.45, 7) is 0.414. The predicted molar refractivity (Wildman–Crippen MR) is 69.3 cm³/mol. The summed E-state index contributed by atoms with van der Waals surface area (Å²) < 4.78 is 5.10. The molecular formula is C12H16N2O6. The molecule has 0 radical (unpaired) electrons. The Balaban J connectivity index is 2.45. The van der Waals surface area contributed by atoms with Gasteiger partial charge in [0.05, 0.1) is 17.6 Å². The van der Waals surface area contributed by atoms with Crippen LogP contribution in [-0.4, -0.2) is 46.4 Å². The average Bonchev–Trinajstić information content (AvgIpc) is 2.43. The number of hydrogen-bond acceptors (Lipinski definition) is 6. The maximum Gasteiger partial charge on any atom is 0.273 e. The van der Waals surface area contributed by atoms with Crippen LogP contribution in [0, 0.1) is 10.1 Å². The van der Waals surface area contributed by atoms with Gasteiger partial charge in [0.15, 0.2) is 6.61 Å². The Hall–Kier alpha value is -2.19. The zero-order valence-corrected chi connectivity index (χ0v) is 10.9. The summed E-state index contributed by atoms with van der Waals surface area (Å²) in [6, 6.07) is 5.45. The maximum absolute atomic E-state index is 11.4. The van der Waals surface area contributed by atoms with Crippen molar-refractivity contribution in [3.8, 4) is 5.75 Å². The molecular weight excluding hydrogens is 268 g/mol. The summed E-state index contributed by atoms with van der Waals surface area (Å²) in [5, 5.41) is 31.2. The van der Waals surface area contributed by atoms with E-state index in [0.717, 1.165) is 0 Å². The van der Waals surface area contributed by atoms with Gasteiger partial charge in [-0.25, -0.2) is 0 Å². The van der Waals surface area contributed by atoms with Crippen LogP contribution in [0.15, 0.2) is 24.3 Å². The van der Waals surface area contributed by atoms with Crippen LogP contribution in [0.4, 0.5) is 5.69 Å². The van der Waals surface area contributed by atoms with Crippen LogP contribution < -0.4 is 10.1 Å². The summed E-state index contributed by atoms with van der Waals surface area (Å²) in [6.07, 6.45) is 0. The number of hydrogen-bond donors (Lipinski definition) is 3. The maximum atomic E-state index is 11.4. The molecule has 1 rings (SSSR count). The highest BCUT2D eigenvalue weighted by molar-refractivity contribution is 5.77. The number of nitrogens with one attached hydrogen (secondary N) is 1. The lowest BCUT2D eigenvalue weighted by molar-refractivity contribution is -0.384. The number of nitrogens with zero attached hydrogens (tertiary/aromatic N) is 1. The zero-order valence-electron chi connectivity index (χ0n) is 10.9. The second-order valence-corrected chi connectivity index (χ2v) is 4.47. The highest BCUT2D eigenvalue weighted by atomic mass is 16.6. The van der Waals surface area contributed by atoms with E-state index in [2.05, 4.69) is 5.32 Å². The van der Waals surface area contributed by atoms with Gasteiger partial charge in [-0.3, -0.25) is 14.9 Å². The topological polar surface area (TPSA) is 122 Å². The summed E-state index contributed by atoms with van der Waals surface area (Å²) in [5.74, 6) is -0.312. The van der Waals surface area contributed by atoms with Gasteiger partial charge in [0.1, 0.15) is 11.4 Å². The molecule has 0 aliphatic heterocycles. The third-order valence-electron chi connectivity index (χ3n) is 2.41. The Morgan fingerprint density at radius 1 is 1.55 bits per heavy atom. The van der Waals surface area contributed by atoms with Crippen molar-refractivity contribution in [2.75, 3.05) is 19.8 Å². The Bertz CT molecular complexity index is 489. The predicted octanol–water partition coefficient (Wildman–Crippen LogP) is -0.167. The van der Waals surface area contributed by atoms with Crippen molar-refractivity contribution in [3.63, 3.8) is 0 Å². The van der Waals surface area contributed by atoms with Crippen LogP contribution in [0.3, 0.4) is 0 Å². The summed E-state index contributed by atoms with van der Waals surface area (Å²) in [5.41, 5.74) is -1.53. The van der Waals surface area contributed by atoms with E-state index in [1.165, 1.54) is 31.2 Å². The minimum Gasteiger partial charge on any atom is -0.484 e. The fourth-order valence-corrected chi connectivity index (χ4v) is 1.23. The lowest BCUT2D eigenvalue weighted by atomic mass is 10.1. The number of rotatable bonds is 7. The molecule has 1 amide bonds. The number of ether oxygens (including phenoxy) is 1. The van der Waals surface area contributed by atoms with E-state index >= 15 is 0 Å². The van der Waals surface area contributed by atoms with Crippen molar-refractivity contribution >= 4 is 11.6 Å². The molecule has 0 bridgehead atoms. The lowest BCUT2D eigenvalue weighted by Crippen LogP contribution is -2.44. The highest BCUT2D eigenvalue weighted by Gasteiger charge is 2.19. The van der Waals surface area contributed by atoms with E-state index in [9.17, 15) is 20.0 Å². The van der Waals surface area contributed by atoms with Gasteiger partial charge in [-0.1, -0.05) is 6.07 Å². The fraction of sp³-hybridized carbons (Fsp3) is 0.417. The fourth-order valence-electron chi connectivity index (χ4n) is 1.23. The van der Waals surface area contributed by atoms with Crippen LogP contribution in [-0.2, 0) is 4.79 Å². The summed E-state index contributed by atoms with van der Waals surface area (Å²) in [4.78, 5) is 21.4. The van der Waals surface area contributed by atoms with Gasteiger partial charge in [0, 0.05) is 12.6 Å². The number of aliphatic hydroxyl groups excluding tert-OH is 1. The second kappa shape index (κ2) is 6.83. The molecule has 1 aromatic rings. The first kappa shape index (κ1) is 15.9. The number of carbonyl (C=O) groups excluding carboxylic acids is 1. The smallest absolute Gasteiger partial charge is 0.273 e. The molecule has 1 atom stereocenters. The molecule has 1 unspecified atom stereocenters. The largest absolute Gasteiger partial charge is 0.484 e. The van der Waals surface area contributed by atoms with Gasteiger partial charge in [0.25, 0.3) is 11.6 Å². The van der Waals surface area contributed by atoms with Gasteiger partial charge in [-0.05, 0) is 13.0 Å². The molecule has 0 spiro atoms.